The lowest BCUT2D eigenvalue weighted by molar-refractivity contribution is 0.556. The fourth-order valence-electron chi connectivity index (χ4n) is 2.57. The molecule has 0 spiro atoms. The van der Waals surface area contributed by atoms with E-state index in [1.54, 1.807) is 6.92 Å². The molecule has 3 rings (SSSR count). The molecule has 106 valence electrons. The van der Waals surface area contributed by atoms with Crippen LogP contribution in [0.2, 0.25) is 0 Å². The highest BCUT2D eigenvalue weighted by Gasteiger charge is 2.29. The molecule has 2 N–H and O–H groups in total. The second-order valence-corrected chi connectivity index (χ2v) is 7.73. The Kier molecular flexibility index (Phi) is 3.27. The van der Waals surface area contributed by atoms with Gasteiger partial charge in [0.15, 0.2) is 4.21 Å². The molecule has 0 amide bonds. The van der Waals surface area contributed by atoms with E-state index in [1.807, 2.05) is 24.3 Å². The minimum atomic E-state index is -3.66. The van der Waals surface area contributed by atoms with Gasteiger partial charge in [0.05, 0.1) is 0 Å². The van der Waals surface area contributed by atoms with E-state index >= 15 is 0 Å². The average molecular weight is 310 g/mol. The van der Waals surface area contributed by atoms with Crippen LogP contribution in [0.4, 0.5) is 0 Å². The Balaban J connectivity index is 1.92. The first-order valence-electron chi connectivity index (χ1n) is 6.27. The Hall–Kier alpha value is -1.44. The molecular weight excluding hydrogens is 296 g/mol. The van der Waals surface area contributed by atoms with Crippen LogP contribution in [0.1, 0.15) is 29.3 Å². The molecule has 20 heavy (non-hydrogen) atoms. The van der Waals surface area contributed by atoms with E-state index in [0.29, 0.717) is 5.69 Å². The summed E-state index contributed by atoms with van der Waals surface area (Å²) in [5.74, 6) is 0. The van der Waals surface area contributed by atoms with E-state index in [9.17, 15) is 13.2 Å². The second-order valence-electron chi connectivity index (χ2n) is 4.84. The second kappa shape index (κ2) is 4.83. The van der Waals surface area contributed by atoms with Gasteiger partial charge in [0.2, 0.25) is 0 Å². The van der Waals surface area contributed by atoms with Gasteiger partial charge >= 0.3 is 4.87 Å². The molecule has 1 heterocycles. The Labute approximate surface area is 120 Å². The average Bonchev–Trinajstić information content (AvgIpc) is 2.94. The number of nitrogens with one attached hydrogen (secondary N) is 2. The molecule has 5 nitrogen and oxygen atoms in total. The number of aromatic amines is 1. The van der Waals surface area contributed by atoms with Crippen molar-refractivity contribution in [1.29, 1.82) is 0 Å². The van der Waals surface area contributed by atoms with E-state index < -0.39 is 10.0 Å². The van der Waals surface area contributed by atoms with Gasteiger partial charge in [0.25, 0.3) is 10.0 Å². The third kappa shape index (κ3) is 2.32. The van der Waals surface area contributed by atoms with Crippen molar-refractivity contribution in [2.75, 3.05) is 0 Å². The smallest absolute Gasteiger partial charge is 0.305 e. The summed E-state index contributed by atoms with van der Waals surface area (Å²) in [5, 5.41) is 0. The molecule has 0 saturated carbocycles. The maximum Gasteiger partial charge on any atom is 0.305 e. The molecular formula is C13H14N2O3S2. The van der Waals surface area contributed by atoms with Crippen LogP contribution in [-0.4, -0.2) is 13.4 Å². The van der Waals surface area contributed by atoms with E-state index in [-0.39, 0.29) is 15.1 Å². The summed E-state index contributed by atoms with van der Waals surface area (Å²) in [5.41, 5.74) is 2.59. The van der Waals surface area contributed by atoms with E-state index in [1.165, 1.54) is 5.56 Å². The van der Waals surface area contributed by atoms with Crippen LogP contribution in [0.25, 0.3) is 0 Å². The predicted octanol–water partition coefficient (Wildman–Crippen LogP) is 1.71. The van der Waals surface area contributed by atoms with E-state index in [2.05, 4.69) is 9.71 Å². The van der Waals surface area contributed by atoms with Crippen molar-refractivity contribution in [2.24, 2.45) is 0 Å². The Bertz CT molecular complexity index is 805. The highest BCUT2D eigenvalue weighted by Crippen LogP contribution is 2.32. The number of thiazole rings is 1. The van der Waals surface area contributed by atoms with Crippen molar-refractivity contribution in [3.05, 3.63) is 50.8 Å². The molecule has 0 aliphatic heterocycles. The largest absolute Gasteiger partial charge is 0.315 e. The number of aryl methyl sites for hydroxylation is 2. The lowest BCUT2D eigenvalue weighted by Gasteiger charge is -2.13. The Morgan fingerprint density at radius 2 is 2.10 bits per heavy atom. The highest BCUT2D eigenvalue weighted by atomic mass is 32.2. The van der Waals surface area contributed by atoms with Gasteiger partial charge in [-0.3, -0.25) is 4.79 Å². The number of aromatic nitrogens is 1. The van der Waals surface area contributed by atoms with Crippen LogP contribution in [0.15, 0.2) is 33.3 Å². The number of rotatable bonds is 3. The third-order valence-corrected chi connectivity index (χ3v) is 6.53. The van der Waals surface area contributed by atoms with Gasteiger partial charge in [-0.25, -0.2) is 13.1 Å². The third-order valence-electron chi connectivity index (χ3n) is 3.46. The lowest BCUT2D eigenvalue weighted by Crippen LogP contribution is -2.27. The maximum absolute atomic E-state index is 12.4. The van der Waals surface area contributed by atoms with Gasteiger partial charge < -0.3 is 4.98 Å². The quantitative estimate of drug-likeness (QED) is 0.906. The van der Waals surface area contributed by atoms with Gasteiger partial charge in [-0.15, -0.1) is 0 Å². The van der Waals surface area contributed by atoms with Crippen LogP contribution in [0, 0.1) is 6.92 Å². The van der Waals surface area contributed by atoms with Gasteiger partial charge in [-0.1, -0.05) is 35.6 Å². The number of fused-ring (bicyclic) bond motifs is 1. The summed E-state index contributed by atoms with van der Waals surface area (Å²) in [6, 6.07) is 7.61. The maximum atomic E-state index is 12.4. The molecule has 0 bridgehead atoms. The van der Waals surface area contributed by atoms with Crippen LogP contribution < -0.4 is 9.60 Å². The molecule has 1 atom stereocenters. The zero-order valence-electron chi connectivity index (χ0n) is 10.8. The number of hydrogen-bond acceptors (Lipinski definition) is 4. The van der Waals surface area contributed by atoms with Crippen molar-refractivity contribution >= 4 is 21.4 Å². The summed E-state index contributed by atoms with van der Waals surface area (Å²) in [6.45, 7) is 1.59. The molecule has 1 unspecified atom stereocenters. The summed E-state index contributed by atoms with van der Waals surface area (Å²) in [4.78, 5) is 13.4. The van der Waals surface area contributed by atoms with Crippen molar-refractivity contribution in [2.45, 2.75) is 30.0 Å². The van der Waals surface area contributed by atoms with Crippen LogP contribution in [0.3, 0.4) is 0 Å². The number of benzene rings is 1. The predicted molar refractivity (Wildman–Crippen MR) is 77.5 cm³/mol. The molecule has 1 aromatic heterocycles. The molecule has 0 radical (unpaired) electrons. The highest BCUT2D eigenvalue weighted by molar-refractivity contribution is 7.91. The van der Waals surface area contributed by atoms with Crippen molar-refractivity contribution < 1.29 is 8.42 Å². The molecule has 1 aliphatic carbocycles. The fourth-order valence-corrected chi connectivity index (χ4v) is 5.13. The Morgan fingerprint density at radius 3 is 2.80 bits per heavy atom. The standard InChI is InChI=1S/C13H14N2O3S2/c1-8-12(19-13(16)14-8)20(17,18)15-11-7-6-9-4-2-3-5-10(9)11/h2-5,11,15H,6-7H2,1H3,(H,14,16). The molecule has 1 aliphatic rings. The summed E-state index contributed by atoms with van der Waals surface area (Å²) >= 11 is 0.724. The van der Waals surface area contributed by atoms with E-state index in [0.717, 1.165) is 29.7 Å². The van der Waals surface area contributed by atoms with Crippen LogP contribution in [-0.2, 0) is 16.4 Å². The minimum absolute atomic E-state index is 0.0758. The van der Waals surface area contributed by atoms with Crippen molar-refractivity contribution in [3.63, 3.8) is 0 Å². The first-order valence-corrected chi connectivity index (χ1v) is 8.57. The molecule has 1 aromatic carbocycles. The lowest BCUT2D eigenvalue weighted by atomic mass is 10.1. The summed E-state index contributed by atoms with van der Waals surface area (Å²) in [6.07, 6.45) is 1.61. The molecule has 0 saturated heterocycles. The van der Waals surface area contributed by atoms with E-state index in [4.69, 9.17) is 0 Å². The monoisotopic (exact) mass is 310 g/mol. The van der Waals surface area contributed by atoms with Crippen molar-refractivity contribution in [3.8, 4) is 0 Å². The topological polar surface area (TPSA) is 79.0 Å². The van der Waals surface area contributed by atoms with Gasteiger partial charge in [-0.05, 0) is 30.9 Å². The zero-order valence-corrected chi connectivity index (χ0v) is 12.5. The number of H-pyrrole nitrogens is 1. The summed E-state index contributed by atoms with van der Waals surface area (Å²) in [7, 11) is -3.66. The zero-order chi connectivity index (χ0) is 14.3. The molecule has 7 heteroatoms. The normalized spacial score (nSPS) is 18.1. The van der Waals surface area contributed by atoms with Gasteiger partial charge in [0.1, 0.15) is 0 Å². The Morgan fingerprint density at radius 1 is 1.35 bits per heavy atom. The van der Waals surface area contributed by atoms with Crippen molar-refractivity contribution in [1.82, 2.24) is 9.71 Å². The first kappa shape index (κ1) is 13.5. The molecule has 0 fully saturated rings. The molecule has 2 aromatic rings. The summed E-state index contributed by atoms with van der Waals surface area (Å²) < 4.78 is 27.5. The number of hydrogen-bond donors (Lipinski definition) is 2. The number of sulfonamides is 1. The van der Waals surface area contributed by atoms with Crippen LogP contribution >= 0.6 is 11.3 Å². The first-order chi connectivity index (χ1) is 9.47. The SMILES string of the molecule is Cc1[nH]c(=O)sc1S(=O)(=O)NC1CCc2ccccc21. The van der Waals surface area contributed by atoms with Gasteiger partial charge in [0, 0.05) is 11.7 Å². The minimum Gasteiger partial charge on any atom is -0.315 e. The van der Waals surface area contributed by atoms with Gasteiger partial charge in [-0.2, -0.15) is 0 Å². The fraction of sp³-hybridized carbons (Fsp3) is 0.308. The van der Waals surface area contributed by atoms with Crippen LogP contribution in [0.5, 0.6) is 0 Å².